The number of benzene rings is 1. The van der Waals surface area contributed by atoms with Crippen molar-refractivity contribution in [2.24, 2.45) is 5.92 Å². The van der Waals surface area contributed by atoms with Crippen LogP contribution < -0.4 is 5.32 Å². The molecule has 0 unspecified atom stereocenters. The number of hydrogen-bond donors (Lipinski definition) is 1. The number of nitrogens with one attached hydrogen (secondary N) is 1. The summed E-state index contributed by atoms with van der Waals surface area (Å²) in [5.41, 5.74) is 0.783. The second-order valence-electron chi connectivity index (χ2n) is 5.08. The summed E-state index contributed by atoms with van der Waals surface area (Å²) >= 11 is 0. The number of rotatable bonds is 5. The molecule has 0 radical (unpaired) electrons. The molecule has 0 bridgehead atoms. The monoisotopic (exact) mass is 249 g/mol. The topological polar surface area (TPSA) is 29.1 Å². The predicted molar refractivity (Wildman–Crippen MR) is 69.9 cm³/mol. The molecular weight excluding hydrogens is 229 g/mol. The summed E-state index contributed by atoms with van der Waals surface area (Å²) in [6.45, 7) is 2.14. The highest BCUT2D eigenvalue weighted by atomic mass is 19.1. The Hall–Kier alpha value is -1.22. The van der Waals surface area contributed by atoms with Gasteiger partial charge in [0.25, 0.3) is 0 Å². The summed E-state index contributed by atoms with van der Waals surface area (Å²) in [5, 5.41) is 3.32. The molecule has 1 N–H and O–H groups in total. The third-order valence-electron chi connectivity index (χ3n) is 3.58. The van der Waals surface area contributed by atoms with Gasteiger partial charge in [0, 0.05) is 12.8 Å². The van der Waals surface area contributed by atoms with Crippen LogP contribution in [0.25, 0.3) is 0 Å². The summed E-state index contributed by atoms with van der Waals surface area (Å²) in [6.07, 6.45) is 4.32. The van der Waals surface area contributed by atoms with Crippen LogP contribution in [0.4, 0.5) is 4.39 Å². The van der Waals surface area contributed by atoms with Gasteiger partial charge in [-0.1, -0.05) is 12.1 Å². The van der Waals surface area contributed by atoms with Gasteiger partial charge >= 0.3 is 0 Å². The third-order valence-corrected chi connectivity index (χ3v) is 3.58. The normalized spacial score (nSPS) is 16.7. The van der Waals surface area contributed by atoms with Crippen LogP contribution in [0.5, 0.6) is 0 Å². The summed E-state index contributed by atoms with van der Waals surface area (Å²) in [4.78, 5) is 11.8. The van der Waals surface area contributed by atoms with Crippen molar-refractivity contribution in [3.63, 3.8) is 0 Å². The molecule has 0 spiro atoms. The van der Waals surface area contributed by atoms with Crippen LogP contribution in [-0.2, 0) is 11.2 Å². The Bertz CT molecular complexity index is 399. The van der Waals surface area contributed by atoms with E-state index in [0.29, 0.717) is 18.8 Å². The lowest BCUT2D eigenvalue weighted by molar-refractivity contribution is -0.118. The van der Waals surface area contributed by atoms with Crippen molar-refractivity contribution in [2.45, 2.75) is 32.1 Å². The van der Waals surface area contributed by atoms with Crippen LogP contribution in [0.1, 0.15) is 31.2 Å². The van der Waals surface area contributed by atoms with Crippen LogP contribution in [0.15, 0.2) is 24.3 Å². The average Bonchev–Trinajstić information content (AvgIpc) is 2.38. The zero-order valence-corrected chi connectivity index (χ0v) is 10.6. The van der Waals surface area contributed by atoms with E-state index in [0.717, 1.165) is 25.1 Å². The van der Waals surface area contributed by atoms with Crippen LogP contribution in [0.3, 0.4) is 0 Å². The first-order valence-corrected chi connectivity index (χ1v) is 6.71. The molecule has 1 aliphatic heterocycles. The Morgan fingerprint density at radius 3 is 2.83 bits per heavy atom. The molecule has 0 saturated carbocycles. The molecule has 1 aromatic carbocycles. The van der Waals surface area contributed by atoms with Gasteiger partial charge in [-0.25, -0.2) is 4.39 Å². The maximum atomic E-state index is 13.0. The highest BCUT2D eigenvalue weighted by Gasteiger charge is 2.14. The van der Waals surface area contributed by atoms with E-state index in [9.17, 15) is 9.18 Å². The fraction of sp³-hybridized carbons (Fsp3) is 0.533. The Morgan fingerprint density at radius 2 is 2.11 bits per heavy atom. The lowest BCUT2D eigenvalue weighted by Crippen LogP contribution is -2.28. The van der Waals surface area contributed by atoms with Gasteiger partial charge in [-0.2, -0.15) is 0 Å². The molecule has 0 atom stereocenters. The van der Waals surface area contributed by atoms with Crippen molar-refractivity contribution in [1.29, 1.82) is 0 Å². The highest BCUT2D eigenvalue weighted by Crippen LogP contribution is 2.18. The summed E-state index contributed by atoms with van der Waals surface area (Å²) < 4.78 is 13.0. The summed E-state index contributed by atoms with van der Waals surface area (Å²) in [7, 11) is 0. The van der Waals surface area contributed by atoms with E-state index in [1.165, 1.54) is 25.0 Å². The van der Waals surface area contributed by atoms with Crippen molar-refractivity contribution in [2.75, 3.05) is 13.1 Å². The molecule has 1 heterocycles. The minimum absolute atomic E-state index is 0.221. The number of carbonyl (C=O) groups excluding carboxylic acids is 1. The molecular formula is C15H20FNO. The van der Waals surface area contributed by atoms with E-state index < -0.39 is 0 Å². The van der Waals surface area contributed by atoms with Crippen molar-refractivity contribution in [3.05, 3.63) is 35.6 Å². The lowest BCUT2D eigenvalue weighted by atomic mass is 9.91. The number of hydrogen-bond acceptors (Lipinski definition) is 2. The molecule has 0 amide bonds. The standard InChI is InChI=1S/C15H20FNO/c16-14-3-1-2-13(10-14)11-15(18)5-4-12-6-8-17-9-7-12/h1-3,10,12,17H,4-9,11H2. The molecule has 1 aromatic rings. The molecule has 0 aromatic heterocycles. The average molecular weight is 249 g/mol. The Morgan fingerprint density at radius 1 is 1.33 bits per heavy atom. The maximum Gasteiger partial charge on any atom is 0.137 e. The summed E-state index contributed by atoms with van der Waals surface area (Å²) in [5.74, 6) is 0.639. The highest BCUT2D eigenvalue weighted by molar-refractivity contribution is 5.80. The third kappa shape index (κ3) is 4.22. The number of halogens is 1. The van der Waals surface area contributed by atoms with Crippen LogP contribution >= 0.6 is 0 Å². The smallest absolute Gasteiger partial charge is 0.137 e. The fourth-order valence-electron chi connectivity index (χ4n) is 2.50. The van der Waals surface area contributed by atoms with Gasteiger partial charge < -0.3 is 5.32 Å². The Kier molecular flexibility index (Phi) is 4.88. The van der Waals surface area contributed by atoms with E-state index in [1.54, 1.807) is 6.07 Å². The first kappa shape index (κ1) is 13.2. The van der Waals surface area contributed by atoms with Gasteiger partial charge in [0.1, 0.15) is 11.6 Å². The van der Waals surface area contributed by atoms with Crippen molar-refractivity contribution >= 4 is 5.78 Å². The first-order valence-electron chi connectivity index (χ1n) is 6.71. The summed E-state index contributed by atoms with van der Waals surface area (Å²) in [6, 6.07) is 6.32. The van der Waals surface area contributed by atoms with Gasteiger partial charge in [-0.05, 0) is 56.0 Å². The zero-order chi connectivity index (χ0) is 12.8. The molecule has 1 fully saturated rings. The molecule has 1 aliphatic rings. The Labute approximate surface area is 108 Å². The van der Waals surface area contributed by atoms with E-state index in [4.69, 9.17) is 0 Å². The SMILES string of the molecule is O=C(CCC1CCNCC1)Cc1cccc(F)c1. The molecule has 2 nitrogen and oxygen atoms in total. The van der Waals surface area contributed by atoms with E-state index in [-0.39, 0.29) is 11.6 Å². The van der Waals surface area contributed by atoms with Gasteiger partial charge in [0.2, 0.25) is 0 Å². The number of Topliss-reactive ketones (excluding diaryl/α,β-unsaturated/α-hetero) is 1. The number of carbonyl (C=O) groups is 1. The lowest BCUT2D eigenvalue weighted by Gasteiger charge is -2.22. The van der Waals surface area contributed by atoms with Gasteiger partial charge in [-0.3, -0.25) is 4.79 Å². The quantitative estimate of drug-likeness (QED) is 0.869. The van der Waals surface area contributed by atoms with E-state index in [1.807, 2.05) is 6.07 Å². The predicted octanol–water partition coefficient (Wildman–Crippen LogP) is 2.72. The zero-order valence-electron chi connectivity index (χ0n) is 10.6. The first-order chi connectivity index (χ1) is 8.74. The van der Waals surface area contributed by atoms with Crippen molar-refractivity contribution in [3.8, 4) is 0 Å². The fourth-order valence-corrected chi connectivity index (χ4v) is 2.50. The number of ketones is 1. The second-order valence-corrected chi connectivity index (χ2v) is 5.08. The Balaban J connectivity index is 1.74. The molecule has 3 heteroatoms. The molecule has 1 saturated heterocycles. The van der Waals surface area contributed by atoms with Gasteiger partial charge in [0.15, 0.2) is 0 Å². The molecule has 18 heavy (non-hydrogen) atoms. The van der Waals surface area contributed by atoms with Crippen LogP contribution in [0.2, 0.25) is 0 Å². The minimum Gasteiger partial charge on any atom is -0.317 e. The van der Waals surface area contributed by atoms with Gasteiger partial charge in [-0.15, -0.1) is 0 Å². The maximum absolute atomic E-state index is 13.0. The molecule has 0 aliphatic carbocycles. The minimum atomic E-state index is -0.265. The van der Waals surface area contributed by atoms with E-state index in [2.05, 4.69) is 5.32 Å². The van der Waals surface area contributed by atoms with Crippen LogP contribution in [0, 0.1) is 11.7 Å². The van der Waals surface area contributed by atoms with E-state index >= 15 is 0 Å². The van der Waals surface area contributed by atoms with Crippen LogP contribution in [-0.4, -0.2) is 18.9 Å². The molecule has 98 valence electrons. The molecule has 2 rings (SSSR count). The van der Waals surface area contributed by atoms with Crippen molar-refractivity contribution in [1.82, 2.24) is 5.32 Å². The largest absolute Gasteiger partial charge is 0.317 e. The van der Waals surface area contributed by atoms with Gasteiger partial charge in [0.05, 0.1) is 0 Å². The second kappa shape index (κ2) is 6.64. The number of piperidine rings is 1. The van der Waals surface area contributed by atoms with Crippen molar-refractivity contribution < 1.29 is 9.18 Å².